The maximum atomic E-state index is 11.6. The van der Waals surface area contributed by atoms with Crippen molar-refractivity contribution in [2.45, 2.75) is 25.9 Å². The van der Waals surface area contributed by atoms with Crippen molar-refractivity contribution in [2.75, 3.05) is 13.2 Å². The van der Waals surface area contributed by atoms with Gasteiger partial charge in [0.05, 0.1) is 25.0 Å². The molecule has 0 aliphatic heterocycles. The van der Waals surface area contributed by atoms with E-state index in [1.807, 2.05) is 0 Å². The minimum absolute atomic E-state index is 0.111. The van der Waals surface area contributed by atoms with Crippen molar-refractivity contribution in [3.63, 3.8) is 0 Å². The maximum Gasteiger partial charge on any atom is 0.205 e. The van der Waals surface area contributed by atoms with Gasteiger partial charge < -0.3 is 20.6 Å². The number of nitrogens with zero attached hydrogens (tertiary/aromatic N) is 1. The first-order valence-corrected chi connectivity index (χ1v) is 5.71. The van der Waals surface area contributed by atoms with Crippen molar-refractivity contribution < 1.29 is 20.1 Å². The summed E-state index contributed by atoms with van der Waals surface area (Å²) in [6.45, 7) is 3.15. The average Bonchev–Trinajstić information content (AvgIpc) is 2.34. The molecule has 0 aromatic rings. The molecule has 1 aliphatic carbocycles. The molecule has 6 heteroatoms. The standard InChI is InChI=1S/C12H18N2O4/c1-7(5-15)13-9-3-10(14-8(2)6-16)12(18)4-11(9)17/h3-4,7-8,13,15-16,18H,5-6H2,1-2H3/b14-10-. The van der Waals surface area contributed by atoms with E-state index in [1.165, 1.54) is 6.08 Å². The van der Waals surface area contributed by atoms with Gasteiger partial charge >= 0.3 is 0 Å². The first-order valence-electron chi connectivity index (χ1n) is 5.71. The van der Waals surface area contributed by atoms with E-state index in [9.17, 15) is 9.90 Å². The summed E-state index contributed by atoms with van der Waals surface area (Å²) in [6, 6.07) is -0.637. The second-order valence-corrected chi connectivity index (χ2v) is 4.23. The molecule has 4 N–H and O–H groups in total. The Balaban J connectivity index is 2.94. The van der Waals surface area contributed by atoms with Gasteiger partial charge in [0.25, 0.3) is 0 Å². The number of hydrogen-bond donors (Lipinski definition) is 4. The summed E-state index contributed by atoms with van der Waals surface area (Å²) < 4.78 is 0. The van der Waals surface area contributed by atoms with Crippen LogP contribution in [0.2, 0.25) is 0 Å². The first-order chi connectivity index (χ1) is 8.47. The monoisotopic (exact) mass is 254 g/mol. The molecule has 0 radical (unpaired) electrons. The van der Waals surface area contributed by atoms with Gasteiger partial charge in [-0.05, 0) is 19.9 Å². The van der Waals surface area contributed by atoms with Gasteiger partial charge in [-0.1, -0.05) is 0 Å². The zero-order chi connectivity index (χ0) is 13.7. The number of carbonyl (C=O) groups excluding carboxylic acids is 1. The molecule has 0 saturated carbocycles. The fourth-order valence-electron chi connectivity index (χ4n) is 1.36. The lowest BCUT2D eigenvalue weighted by atomic mass is 10.1. The lowest BCUT2D eigenvalue weighted by Crippen LogP contribution is -2.33. The van der Waals surface area contributed by atoms with E-state index in [2.05, 4.69) is 10.3 Å². The molecule has 1 aliphatic rings. The summed E-state index contributed by atoms with van der Waals surface area (Å²) in [4.78, 5) is 15.7. The van der Waals surface area contributed by atoms with Crippen molar-refractivity contribution in [3.8, 4) is 0 Å². The number of allylic oxidation sites excluding steroid dienone is 2. The van der Waals surface area contributed by atoms with Crippen LogP contribution in [0, 0.1) is 0 Å². The van der Waals surface area contributed by atoms with Crippen LogP contribution in [0.3, 0.4) is 0 Å². The highest BCUT2D eigenvalue weighted by atomic mass is 16.3. The van der Waals surface area contributed by atoms with Crippen LogP contribution in [0.4, 0.5) is 0 Å². The number of aliphatic hydroxyl groups is 3. The van der Waals surface area contributed by atoms with Crippen LogP contribution in [0.25, 0.3) is 0 Å². The number of aliphatic hydroxyl groups excluding tert-OH is 3. The van der Waals surface area contributed by atoms with E-state index in [0.29, 0.717) is 0 Å². The van der Waals surface area contributed by atoms with Crippen LogP contribution in [0.1, 0.15) is 13.8 Å². The van der Waals surface area contributed by atoms with Crippen molar-refractivity contribution in [2.24, 2.45) is 4.99 Å². The Bertz CT molecular complexity index is 412. The molecular formula is C12H18N2O4. The Hall–Kier alpha value is -1.66. The molecule has 100 valence electrons. The first kappa shape index (κ1) is 14.4. The Kier molecular flexibility index (Phi) is 5.06. The molecule has 2 unspecified atom stereocenters. The van der Waals surface area contributed by atoms with Crippen LogP contribution >= 0.6 is 0 Å². The second kappa shape index (κ2) is 6.32. The number of carbonyl (C=O) groups is 1. The van der Waals surface area contributed by atoms with Gasteiger partial charge in [0.2, 0.25) is 5.78 Å². The van der Waals surface area contributed by atoms with Gasteiger partial charge in [0.15, 0.2) is 0 Å². The normalized spacial score (nSPS) is 21.3. The Labute approximate surface area is 105 Å². The second-order valence-electron chi connectivity index (χ2n) is 4.23. The molecule has 0 heterocycles. The van der Waals surface area contributed by atoms with Crippen LogP contribution in [0.5, 0.6) is 0 Å². The summed E-state index contributed by atoms with van der Waals surface area (Å²) in [7, 11) is 0. The molecule has 2 atom stereocenters. The van der Waals surface area contributed by atoms with Gasteiger partial charge in [-0.25, -0.2) is 0 Å². The summed E-state index contributed by atoms with van der Waals surface area (Å²) in [5.74, 6) is -0.592. The SMILES string of the molecule is CC(CO)/N=C1/C=C(NC(C)CO)C(=O)C=C1O. The van der Waals surface area contributed by atoms with Crippen LogP contribution in [-0.2, 0) is 4.79 Å². The summed E-state index contributed by atoms with van der Waals surface area (Å²) in [5.41, 5.74) is 0.502. The molecular weight excluding hydrogens is 236 g/mol. The Morgan fingerprint density at radius 3 is 2.50 bits per heavy atom. The van der Waals surface area contributed by atoms with Gasteiger partial charge in [-0.15, -0.1) is 0 Å². The number of aliphatic imine (C=N–C) groups is 1. The van der Waals surface area contributed by atoms with Crippen molar-refractivity contribution in [1.82, 2.24) is 5.32 Å². The van der Waals surface area contributed by atoms with Crippen LogP contribution in [0.15, 0.2) is 28.6 Å². The molecule has 1 rings (SSSR count). The third kappa shape index (κ3) is 3.68. The number of ketones is 1. The highest BCUT2D eigenvalue weighted by Crippen LogP contribution is 2.11. The van der Waals surface area contributed by atoms with E-state index >= 15 is 0 Å². The number of nitrogens with one attached hydrogen (secondary N) is 1. The average molecular weight is 254 g/mol. The minimum Gasteiger partial charge on any atom is -0.506 e. The zero-order valence-corrected chi connectivity index (χ0v) is 10.4. The smallest absolute Gasteiger partial charge is 0.205 e. The third-order valence-electron chi connectivity index (χ3n) is 2.38. The van der Waals surface area contributed by atoms with E-state index in [1.54, 1.807) is 13.8 Å². The molecule has 0 bridgehead atoms. The van der Waals surface area contributed by atoms with E-state index in [0.717, 1.165) is 6.08 Å². The quantitative estimate of drug-likeness (QED) is 0.504. The van der Waals surface area contributed by atoms with Crippen molar-refractivity contribution in [3.05, 3.63) is 23.6 Å². The predicted octanol–water partition coefficient (Wildman–Crippen LogP) is -0.313. The van der Waals surface area contributed by atoms with Crippen LogP contribution in [-0.4, -0.2) is 52.1 Å². The molecule has 0 aromatic heterocycles. The fourth-order valence-corrected chi connectivity index (χ4v) is 1.36. The summed E-state index contributed by atoms with van der Waals surface area (Å²) in [6.07, 6.45) is 2.48. The van der Waals surface area contributed by atoms with Crippen LogP contribution < -0.4 is 5.32 Å². The number of hydrogen-bond acceptors (Lipinski definition) is 6. The van der Waals surface area contributed by atoms with Gasteiger partial charge in [0.1, 0.15) is 11.5 Å². The summed E-state index contributed by atoms with van der Waals surface area (Å²) in [5, 5.41) is 30.3. The molecule has 0 saturated heterocycles. The van der Waals surface area contributed by atoms with Crippen molar-refractivity contribution in [1.29, 1.82) is 0 Å². The molecule has 0 aromatic carbocycles. The van der Waals surface area contributed by atoms with E-state index in [-0.39, 0.29) is 48.2 Å². The summed E-state index contributed by atoms with van der Waals surface area (Å²) >= 11 is 0. The molecule has 0 spiro atoms. The fraction of sp³-hybridized carbons (Fsp3) is 0.500. The number of rotatable bonds is 5. The molecule has 0 amide bonds. The van der Waals surface area contributed by atoms with E-state index < -0.39 is 0 Å². The highest BCUT2D eigenvalue weighted by Gasteiger charge is 2.19. The lowest BCUT2D eigenvalue weighted by molar-refractivity contribution is -0.111. The van der Waals surface area contributed by atoms with Crippen molar-refractivity contribution >= 4 is 11.5 Å². The highest BCUT2D eigenvalue weighted by molar-refractivity contribution is 6.20. The Morgan fingerprint density at radius 1 is 1.28 bits per heavy atom. The lowest BCUT2D eigenvalue weighted by Gasteiger charge is -2.17. The van der Waals surface area contributed by atoms with Gasteiger partial charge in [-0.3, -0.25) is 9.79 Å². The van der Waals surface area contributed by atoms with Gasteiger partial charge in [-0.2, -0.15) is 0 Å². The zero-order valence-electron chi connectivity index (χ0n) is 10.4. The topological polar surface area (TPSA) is 102 Å². The largest absolute Gasteiger partial charge is 0.506 e. The predicted molar refractivity (Wildman–Crippen MR) is 67.5 cm³/mol. The maximum absolute atomic E-state index is 11.6. The third-order valence-corrected chi connectivity index (χ3v) is 2.38. The minimum atomic E-state index is -0.372. The Morgan fingerprint density at radius 2 is 1.94 bits per heavy atom. The van der Waals surface area contributed by atoms with Gasteiger partial charge in [0, 0.05) is 12.1 Å². The molecule has 0 fully saturated rings. The van der Waals surface area contributed by atoms with E-state index in [4.69, 9.17) is 10.2 Å². The molecule has 6 nitrogen and oxygen atoms in total. The molecule has 18 heavy (non-hydrogen) atoms.